The van der Waals surface area contributed by atoms with Crippen LogP contribution in [0.2, 0.25) is 0 Å². The molecule has 1 aromatic rings. The lowest BCUT2D eigenvalue weighted by Gasteiger charge is -2.39. The third-order valence-corrected chi connectivity index (χ3v) is 6.39. The minimum absolute atomic E-state index is 0.0656. The maximum absolute atomic E-state index is 12.2. The molecule has 1 aliphatic rings. The smallest absolute Gasteiger partial charge is 0.207 e. The van der Waals surface area contributed by atoms with Crippen LogP contribution < -0.4 is 4.72 Å². The molecule has 0 aliphatic heterocycles. The van der Waals surface area contributed by atoms with Gasteiger partial charge in [0, 0.05) is 6.04 Å². The molecular weight excluding hydrogens is 266 g/mol. The van der Waals surface area contributed by atoms with Gasteiger partial charge in [0.05, 0.1) is 0 Å². The number of rotatable bonds is 3. The molecule has 1 saturated carbocycles. The van der Waals surface area contributed by atoms with E-state index in [2.05, 4.69) is 25.5 Å². The van der Waals surface area contributed by atoms with Crippen molar-refractivity contribution in [2.75, 3.05) is 0 Å². The van der Waals surface area contributed by atoms with Crippen LogP contribution in [0.3, 0.4) is 0 Å². The minimum Gasteiger partial charge on any atom is -0.207 e. The first-order chi connectivity index (χ1) is 8.28. The fourth-order valence-corrected chi connectivity index (χ4v) is 5.39. The summed E-state index contributed by atoms with van der Waals surface area (Å²) >= 11 is 1.27. The molecular formula is C13H21NO2S2. The topological polar surface area (TPSA) is 46.2 Å². The molecule has 0 aromatic carbocycles. The molecule has 5 heteroatoms. The number of hydrogen-bond donors (Lipinski definition) is 1. The minimum atomic E-state index is -3.32. The number of sulfonamides is 1. The Morgan fingerprint density at radius 2 is 2.11 bits per heavy atom. The van der Waals surface area contributed by atoms with Gasteiger partial charge in [-0.2, -0.15) is 0 Å². The normalized spacial score (nSPS) is 28.2. The zero-order valence-electron chi connectivity index (χ0n) is 11.1. The molecule has 0 bridgehead atoms. The van der Waals surface area contributed by atoms with Gasteiger partial charge in [-0.1, -0.05) is 26.8 Å². The van der Waals surface area contributed by atoms with E-state index in [1.165, 1.54) is 17.8 Å². The summed E-state index contributed by atoms with van der Waals surface area (Å²) < 4.78 is 27.6. The fraction of sp³-hybridized carbons (Fsp3) is 0.692. The van der Waals surface area contributed by atoms with Gasteiger partial charge in [0.1, 0.15) is 4.21 Å². The third-order valence-electron chi connectivity index (χ3n) is 3.47. The van der Waals surface area contributed by atoms with Crippen molar-refractivity contribution in [1.82, 2.24) is 4.72 Å². The molecule has 102 valence electrons. The molecule has 0 radical (unpaired) electrons. The average molecular weight is 287 g/mol. The molecule has 1 aliphatic carbocycles. The van der Waals surface area contributed by atoms with Crippen LogP contribution in [0, 0.1) is 11.3 Å². The lowest BCUT2D eigenvalue weighted by Crippen LogP contribution is -2.42. The van der Waals surface area contributed by atoms with Crippen LogP contribution in [-0.2, 0) is 10.0 Å². The highest BCUT2D eigenvalue weighted by molar-refractivity contribution is 7.91. The second kappa shape index (κ2) is 4.94. The first kappa shape index (κ1) is 14.0. The van der Waals surface area contributed by atoms with Crippen LogP contribution in [0.5, 0.6) is 0 Å². The van der Waals surface area contributed by atoms with Gasteiger partial charge < -0.3 is 0 Å². The molecule has 0 amide bonds. The summed E-state index contributed by atoms with van der Waals surface area (Å²) in [5.41, 5.74) is 0.223. The summed E-state index contributed by atoms with van der Waals surface area (Å²) in [6, 6.07) is 3.49. The second-order valence-electron chi connectivity index (χ2n) is 6.16. The predicted octanol–water partition coefficient (Wildman–Crippen LogP) is 3.24. The number of thiophene rings is 1. The van der Waals surface area contributed by atoms with Crippen LogP contribution >= 0.6 is 11.3 Å². The zero-order valence-corrected chi connectivity index (χ0v) is 12.8. The first-order valence-corrected chi connectivity index (χ1v) is 8.71. The van der Waals surface area contributed by atoms with Gasteiger partial charge in [-0.15, -0.1) is 11.3 Å². The summed E-state index contributed by atoms with van der Waals surface area (Å²) in [4.78, 5) is 0. The van der Waals surface area contributed by atoms with E-state index in [1.807, 2.05) is 0 Å². The Labute approximate surface area is 114 Å². The summed E-state index contributed by atoms with van der Waals surface area (Å²) in [6.07, 6.45) is 3.03. The molecule has 1 fully saturated rings. The SMILES string of the molecule is C[C@H]1C[C@H](NS(=O)(=O)c2cccs2)CC(C)(C)C1. The Balaban J connectivity index is 2.10. The molecule has 2 rings (SSSR count). The molecule has 0 spiro atoms. The quantitative estimate of drug-likeness (QED) is 0.927. The maximum atomic E-state index is 12.2. The molecule has 3 nitrogen and oxygen atoms in total. The van der Waals surface area contributed by atoms with Crippen LogP contribution in [0.25, 0.3) is 0 Å². The van der Waals surface area contributed by atoms with Crippen molar-refractivity contribution >= 4 is 21.4 Å². The van der Waals surface area contributed by atoms with E-state index in [1.54, 1.807) is 17.5 Å². The van der Waals surface area contributed by atoms with Gasteiger partial charge in [-0.05, 0) is 42.0 Å². The van der Waals surface area contributed by atoms with Crippen LogP contribution in [0.4, 0.5) is 0 Å². The Bertz CT molecular complexity index is 491. The summed E-state index contributed by atoms with van der Waals surface area (Å²) in [7, 11) is -3.32. The van der Waals surface area contributed by atoms with Crippen molar-refractivity contribution in [1.29, 1.82) is 0 Å². The zero-order chi connectivity index (χ0) is 13.4. The van der Waals surface area contributed by atoms with Gasteiger partial charge >= 0.3 is 0 Å². The van der Waals surface area contributed by atoms with Crippen molar-refractivity contribution in [2.24, 2.45) is 11.3 Å². The van der Waals surface area contributed by atoms with Crippen molar-refractivity contribution in [3.05, 3.63) is 17.5 Å². The molecule has 1 N–H and O–H groups in total. The van der Waals surface area contributed by atoms with E-state index in [9.17, 15) is 8.42 Å². The Hall–Kier alpha value is -0.390. The predicted molar refractivity (Wildman–Crippen MR) is 75.2 cm³/mol. The summed E-state index contributed by atoms with van der Waals surface area (Å²) in [6.45, 7) is 6.64. The highest BCUT2D eigenvalue weighted by atomic mass is 32.2. The largest absolute Gasteiger partial charge is 0.250 e. The Morgan fingerprint density at radius 3 is 2.67 bits per heavy atom. The van der Waals surface area contributed by atoms with E-state index in [-0.39, 0.29) is 11.5 Å². The van der Waals surface area contributed by atoms with Gasteiger partial charge in [-0.3, -0.25) is 0 Å². The molecule has 18 heavy (non-hydrogen) atoms. The summed E-state index contributed by atoms with van der Waals surface area (Å²) in [5, 5.41) is 1.79. The maximum Gasteiger partial charge on any atom is 0.250 e. The monoisotopic (exact) mass is 287 g/mol. The van der Waals surface area contributed by atoms with Crippen molar-refractivity contribution in [3.63, 3.8) is 0 Å². The fourth-order valence-electron chi connectivity index (χ4n) is 3.13. The molecule has 0 saturated heterocycles. The highest BCUT2D eigenvalue weighted by Crippen LogP contribution is 2.38. The van der Waals surface area contributed by atoms with Gasteiger partial charge in [-0.25, -0.2) is 13.1 Å². The van der Waals surface area contributed by atoms with Gasteiger partial charge in [0.15, 0.2) is 0 Å². The Morgan fingerprint density at radius 1 is 1.39 bits per heavy atom. The highest BCUT2D eigenvalue weighted by Gasteiger charge is 2.34. The van der Waals surface area contributed by atoms with Crippen LogP contribution in [0.1, 0.15) is 40.0 Å². The number of nitrogens with one attached hydrogen (secondary N) is 1. The van der Waals surface area contributed by atoms with Gasteiger partial charge in [0.2, 0.25) is 10.0 Å². The van der Waals surface area contributed by atoms with E-state index in [0.717, 1.165) is 12.8 Å². The number of hydrogen-bond acceptors (Lipinski definition) is 3. The van der Waals surface area contributed by atoms with Crippen LogP contribution in [0.15, 0.2) is 21.7 Å². The molecule has 2 atom stereocenters. The lowest BCUT2D eigenvalue weighted by atomic mass is 9.71. The van der Waals surface area contributed by atoms with E-state index >= 15 is 0 Å². The molecule has 1 heterocycles. The third kappa shape index (κ3) is 3.33. The Kier molecular flexibility index (Phi) is 3.85. The van der Waals surface area contributed by atoms with Gasteiger partial charge in [0.25, 0.3) is 0 Å². The average Bonchev–Trinajstić information content (AvgIpc) is 2.65. The molecule has 1 aromatic heterocycles. The summed E-state index contributed by atoms with van der Waals surface area (Å²) in [5.74, 6) is 0.574. The lowest BCUT2D eigenvalue weighted by molar-refractivity contribution is 0.163. The van der Waals surface area contributed by atoms with E-state index in [0.29, 0.717) is 10.1 Å². The van der Waals surface area contributed by atoms with E-state index < -0.39 is 10.0 Å². The van der Waals surface area contributed by atoms with Crippen molar-refractivity contribution in [3.8, 4) is 0 Å². The van der Waals surface area contributed by atoms with Crippen molar-refractivity contribution < 1.29 is 8.42 Å². The van der Waals surface area contributed by atoms with E-state index in [4.69, 9.17) is 0 Å². The van der Waals surface area contributed by atoms with Crippen LogP contribution in [-0.4, -0.2) is 14.5 Å². The standard InChI is InChI=1S/C13H21NO2S2/c1-10-7-11(9-13(2,3)8-10)14-18(15,16)12-5-4-6-17-12/h4-6,10-11,14H,7-9H2,1-3H3/t10-,11-/m0/s1. The molecule has 0 unspecified atom stereocenters. The first-order valence-electron chi connectivity index (χ1n) is 6.34. The van der Waals surface area contributed by atoms with Crippen molar-refractivity contribution in [2.45, 2.75) is 50.3 Å². The second-order valence-corrected chi connectivity index (χ2v) is 9.05.